The van der Waals surface area contributed by atoms with Crippen LogP contribution in [0.3, 0.4) is 0 Å². The third-order valence-electron chi connectivity index (χ3n) is 4.58. The maximum Gasteiger partial charge on any atom is 0.269 e. The highest BCUT2D eigenvalue weighted by Gasteiger charge is 2.17. The number of nitro benzene ring substituents is 1. The Kier molecular flexibility index (Phi) is 7.72. The van der Waals surface area contributed by atoms with Gasteiger partial charge in [-0.25, -0.2) is 4.39 Å². The van der Waals surface area contributed by atoms with Crippen molar-refractivity contribution >= 4 is 40.6 Å². The van der Waals surface area contributed by atoms with Gasteiger partial charge in [0.15, 0.2) is 5.16 Å². The Hall–Kier alpha value is -3.80. The Morgan fingerprint density at radius 1 is 1.12 bits per heavy atom. The number of nitrogens with zero attached hydrogens (tertiary/aromatic N) is 4. The summed E-state index contributed by atoms with van der Waals surface area (Å²) in [5, 5.41) is 24.9. The molecule has 0 radical (unpaired) electrons. The first kappa shape index (κ1) is 23.9. The lowest BCUT2D eigenvalue weighted by atomic mass is 10.2. The van der Waals surface area contributed by atoms with Gasteiger partial charge < -0.3 is 15.2 Å². The van der Waals surface area contributed by atoms with Crippen LogP contribution in [0.5, 0.6) is 0 Å². The van der Waals surface area contributed by atoms with Gasteiger partial charge >= 0.3 is 0 Å². The van der Waals surface area contributed by atoms with Crippen LogP contribution in [0.1, 0.15) is 18.3 Å². The molecule has 1 aromatic heterocycles. The highest BCUT2D eigenvalue weighted by molar-refractivity contribution is 7.99. The molecule has 0 bridgehead atoms. The van der Waals surface area contributed by atoms with Crippen LogP contribution >= 0.6 is 11.8 Å². The van der Waals surface area contributed by atoms with Gasteiger partial charge in [0.2, 0.25) is 11.8 Å². The number of thioether (sulfide) groups is 1. The number of benzene rings is 2. The summed E-state index contributed by atoms with van der Waals surface area (Å²) >= 11 is 1.16. The minimum Gasteiger partial charge on any atom is -0.326 e. The fraction of sp³-hybridized carbons (Fsp3) is 0.238. The van der Waals surface area contributed by atoms with E-state index in [0.717, 1.165) is 11.8 Å². The number of aromatic nitrogens is 3. The van der Waals surface area contributed by atoms with E-state index in [-0.39, 0.29) is 29.7 Å². The van der Waals surface area contributed by atoms with Crippen molar-refractivity contribution < 1.29 is 18.9 Å². The van der Waals surface area contributed by atoms with E-state index in [0.29, 0.717) is 34.5 Å². The minimum absolute atomic E-state index is 0.0348. The number of nitrogens with one attached hydrogen (secondary N) is 2. The van der Waals surface area contributed by atoms with Crippen molar-refractivity contribution in [2.45, 2.75) is 32.0 Å². The van der Waals surface area contributed by atoms with Gasteiger partial charge in [0, 0.05) is 30.1 Å². The second-order valence-electron chi connectivity index (χ2n) is 6.97. The van der Waals surface area contributed by atoms with Crippen molar-refractivity contribution in [3.63, 3.8) is 0 Å². The maximum atomic E-state index is 13.0. The van der Waals surface area contributed by atoms with E-state index in [1.165, 1.54) is 42.5 Å². The number of amides is 2. The lowest BCUT2D eigenvalue weighted by molar-refractivity contribution is -0.384. The number of halogens is 1. The number of non-ortho nitro benzene ring substituents is 1. The zero-order chi connectivity index (χ0) is 24.0. The molecule has 10 nitrogen and oxygen atoms in total. The molecule has 3 rings (SSSR count). The lowest BCUT2D eigenvalue weighted by Gasteiger charge is -2.09. The molecule has 0 aliphatic rings. The van der Waals surface area contributed by atoms with Gasteiger partial charge in [-0.05, 0) is 49.7 Å². The molecule has 0 spiro atoms. The summed E-state index contributed by atoms with van der Waals surface area (Å²) in [5.74, 6) is -0.555. The Bertz CT molecular complexity index is 1180. The molecule has 0 aliphatic heterocycles. The van der Waals surface area contributed by atoms with Gasteiger partial charge in [-0.2, -0.15) is 0 Å². The Labute approximate surface area is 192 Å². The van der Waals surface area contributed by atoms with Crippen molar-refractivity contribution in [3.8, 4) is 0 Å². The number of nitro groups is 1. The van der Waals surface area contributed by atoms with Crippen molar-refractivity contribution in [3.05, 3.63) is 69.8 Å². The predicted molar refractivity (Wildman–Crippen MR) is 122 cm³/mol. The first-order chi connectivity index (χ1) is 15.8. The zero-order valence-electron chi connectivity index (χ0n) is 17.9. The summed E-state index contributed by atoms with van der Waals surface area (Å²) < 4.78 is 14.7. The van der Waals surface area contributed by atoms with Crippen LogP contribution in [0.4, 0.5) is 21.5 Å². The molecule has 0 aliphatic carbocycles. The van der Waals surface area contributed by atoms with Crippen molar-refractivity contribution in [1.82, 2.24) is 14.8 Å². The average molecular weight is 473 g/mol. The predicted octanol–water partition coefficient (Wildman–Crippen LogP) is 3.57. The number of hydrogen-bond donors (Lipinski definition) is 2. The van der Waals surface area contributed by atoms with Gasteiger partial charge in [0.05, 0.1) is 17.1 Å². The molecule has 2 N–H and O–H groups in total. The number of carbonyl (C=O) groups is 2. The Morgan fingerprint density at radius 3 is 2.48 bits per heavy atom. The first-order valence-corrected chi connectivity index (χ1v) is 10.9. The van der Waals surface area contributed by atoms with E-state index in [1.54, 1.807) is 11.5 Å². The molecule has 2 aromatic carbocycles. The van der Waals surface area contributed by atoms with Gasteiger partial charge in [0.1, 0.15) is 11.6 Å². The summed E-state index contributed by atoms with van der Waals surface area (Å²) in [4.78, 5) is 35.0. The summed E-state index contributed by atoms with van der Waals surface area (Å²) in [7, 11) is 0. The smallest absolute Gasteiger partial charge is 0.269 e. The molecule has 172 valence electrons. The molecule has 0 unspecified atom stereocenters. The summed E-state index contributed by atoms with van der Waals surface area (Å²) in [6.07, 6.45) is -0.0348. The van der Waals surface area contributed by atoms with Crippen LogP contribution in [0, 0.1) is 22.9 Å². The molecular weight excluding hydrogens is 451 g/mol. The van der Waals surface area contributed by atoms with Crippen LogP contribution in [-0.2, 0) is 22.6 Å². The molecular formula is C21H21FN6O4S. The third kappa shape index (κ3) is 6.35. The summed E-state index contributed by atoms with van der Waals surface area (Å²) in [6, 6.07) is 9.63. The van der Waals surface area contributed by atoms with Crippen LogP contribution in [-0.4, -0.2) is 37.3 Å². The maximum absolute atomic E-state index is 13.0. The lowest BCUT2D eigenvalue weighted by Crippen LogP contribution is -2.18. The van der Waals surface area contributed by atoms with Crippen molar-refractivity contribution in [2.75, 3.05) is 16.4 Å². The fourth-order valence-electron chi connectivity index (χ4n) is 2.97. The second kappa shape index (κ2) is 10.7. The van der Waals surface area contributed by atoms with Gasteiger partial charge in [0.25, 0.3) is 5.69 Å². The van der Waals surface area contributed by atoms with Gasteiger partial charge in [-0.15, -0.1) is 10.2 Å². The molecule has 33 heavy (non-hydrogen) atoms. The second-order valence-corrected chi connectivity index (χ2v) is 7.91. The molecule has 3 aromatic rings. The van der Waals surface area contributed by atoms with Crippen LogP contribution in [0.2, 0.25) is 0 Å². The number of rotatable bonds is 9. The minimum atomic E-state index is -0.496. The first-order valence-electron chi connectivity index (χ1n) is 9.92. The monoisotopic (exact) mass is 472 g/mol. The van der Waals surface area contributed by atoms with Gasteiger partial charge in [-0.3, -0.25) is 19.7 Å². The summed E-state index contributed by atoms with van der Waals surface area (Å²) in [5.41, 5.74) is 1.48. The Balaban J connectivity index is 1.58. The molecule has 12 heteroatoms. The molecule has 1 heterocycles. The van der Waals surface area contributed by atoms with E-state index in [9.17, 15) is 24.1 Å². The van der Waals surface area contributed by atoms with Gasteiger partial charge in [-0.1, -0.05) is 11.8 Å². The molecule has 0 atom stereocenters. The number of anilines is 2. The summed E-state index contributed by atoms with van der Waals surface area (Å²) in [6.45, 7) is 4.04. The zero-order valence-corrected chi connectivity index (χ0v) is 18.7. The van der Waals surface area contributed by atoms with Crippen molar-refractivity contribution in [1.29, 1.82) is 0 Å². The Morgan fingerprint density at radius 2 is 1.85 bits per heavy atom. The third-order valence-corrected chi connectivity index (χ3v) is 5.55. The standard InChI is InChI=1S/C21H21FN6O4S/c1-3-27-18(11-19(29)23-15-6-4-14(22)5-7-15)25-26-21(27)33-12-20(30)24-17-9-8-16(28(31)32)10-13(17)2/h4-10H,3,11-12H2,1-2H3,(H,23,29)(H,24,30). The SMILES string of the molecule is CCn1c(CC(=O)Nc2ccc(F)cc2)nnc1SCC(=O)Nc1ccc([N+](=O)[O-])cc1C. The molecule has 0 saturated carbocycles. The number of carbonyl (C=O) groups excluding carboxylic acids is 2. The quantitative estimate of drug-likeness (QED) is 0.276. The molecule has 0 saturated heterocycles. The highest BCUT2D eigenvalue weighted by Crippen LogP contribution is 2.22. The van der Waals surface area contributed by atoms with E-state index in [4.69, 9.17) is 0 Å². The molecule has 0 fully saturated rings. The van der Waals surface area contributed by atoms with E-state index in [2.05, 4.69) is 20.8 Å². The normalized spacial score (nSPS) is 10.6. The van der Waals surface area contributed by atoms with Crippen molar-refractivity contribution in [2.24, 2.45) is 0 Å². The van der Waals surface area contributed by atoms with E-state index >= 15 is 0 Å². The van der Waals surface area contributed by atoms with Crippen LogP contribution < -0.4 is 10.6 Å². The molecule has 2 amide bonds. The van der Waals surface area contributed by atoms with E-state index in [1.807, 2.05) is 6.92 Å². The van der Waals surface area contributed by atoms with E-state index < -0.39 is 10.7 Å². The highest BCUT2D eigenvalue weighted by atomic mass is 32.2. The average Bonchev–Trinajstić information content (AvgIpc) is 3.16. The fourth-order valence-corrected chi connectivity index (χ4v) is 3.80. The largest absolute Gasteiger partial charge is 0.326 e. The van der Waals surface area contributed by atoms with Crippen LogP contribution in [0.15, 0.2) is 47.6 Å². The van der Waals surface area contributed by atoms with Crippen LogP contribution in [0.25, 0.3) is 0 Å². The number of hydrogen-bond acceptors (Lipinski definition) is 7. The topological polar surface area (TPSA) is 132 Å². The number of aryl methyl sites for hydroxylation is 1.